The van der Waals surface area contributed by atoms with E-state index < -0.39 is 0 Å². The van der Waals surface area contributed by atoms with Crippen LogP contribution in [0.3, 0.4) is 0 Å². The van der Waals surface area contributed by atoms with E-state index in [9.17, 15) is 9.59 Å². The van der Waals surface area contributed by atoms with Crippen LogP contribution in [0.5, 0.6) is 5.75 Å². The lowest BCUT2D eigenvalue weighted by Crippen LogP contribution is -2.08. The predicted octanol–water partition coefficient (Wildman–Crippen LogP) is 6.25. The molecule has 166 valence electrons. The van der Waals surface area contributed by atoms with Crippen molar-refractivity contribution in [2.45, 2.75) is 52.4 Å². The van der Waals surface area contributed by atoms with Gasteiger partial charge in [-0.3, -0.25) is 4.79 Å². The molecule has 0 aromatic heterocycles. The van der Waals surface area contributed by atoms with Gasteiger partial charge in [-0.25, -0.2) is 4.79 Å². The number of hydrogen-bond donors (Lipinski definition) is 1. The lowest BCUT2D eigenvalue weighted by molar-refractivity contribution is -0.111. The largest absolute Gasteiger partial charge is 0.494 e. The zero-order chi connectivity index (χ0) is 22.3. The first-order valence-electron chi connectivity index (χ1n) is 11.1. The van der Waals surface area contributed by atoms with Crippen LogP contribution >= 0.6 is 0 Å². The lowest BCUT2D eigenvalue weighted by Gasteiger charge is -2.06. The third-order valence-electron chi connectivity index (χ3n) is 4.74. The highest BCUT2D eigenvalue weighted by atomic mass is 16.5. The van der Waals surface area contributed by atoms with Crippen molar-refractivity contribution in [3.8, 4) is 5.75 Å². The Labute approximate surface area is 185 Å². The molecule has 0 saturated heterocycles. The molecule has 0 aliphatic heterocycles. The van der Waals surface area contributed by atoms with Crippen molar-refractivity contribution >= 4 is 23.6 Å². The molecule has 1 N–H and O–H groups in total. The van der Waals surface area contributed by atoms with Crippen LogP contribution in [0.25, 0.3) is 6.08 Å². The molecule has 2 rings (SSSR count). The molecule has 0 heterocycles. The van der Waals surface area contributed by atoms with Crippen LogP contribution in [-0.4, -0.2) is 25.1 Å². The predicted molar refractivity (Wildman–Crippen MR) is 125 cm³/mol. The average molecular weight is 424 g/mol. The van der Waals surface area contributed by atoms with E-state index >= 15 is 0 Å². The summed E-state index contributed by atoms with van der Waals surface area (Å²) in [7, 11) is 0. The fourth-order valence-electron chi connectivity index (χ4n) is 3.01. The second-order valence-corrected chi connectivity index (χ2v) is 7.31. The van der Waals surface area contributed by atoms with Crippen LogP contribution in [0, 0.1) is 0 Å². The highest BCUT2D eigenvalue weighted by Gasteiger charge is 2.06. The van der Waals surface area contributed by atoms with Gasteiger partial charge in [0.1, 0.15) is 5.75 Å². The van der Waals surface area contributed by atoms with E-state index in [0.717, 1.165) is 24.3 Å². The van der Waals surface area contributed by atoms with Crippen LogP contribution in [0.1, 0.15) is 68.3 Å². The van der Waals surface area contributed by atoms with Gasteiger partial charge < -0.3 is 14.8 Å². The highest BCUT2D eigenvalue weighted by Crippen LogP contribution is 2.15. The summed E-state index contributed by atoms with van der Waals surface area (Å²) < 4.78 is 10.7. The first-order chi connectivity index (χ1) is 15.1. The number of amides is 1. The number of esters is 1. The number of nitrogens with one attached hydrogen (secondary N) is 1. The van der Waals surface area contributed by atoms with E-state index in [2.05, 4.69) is 12.2 Å². The Morgan fingerprint density at radius 3 is 2.23 bits per heavy atom. The summed E-state index contributed by atoms with van der Waals surface area (Å²) in [6.45, 7) is 5.05. The molecule has 0 bridgehead atoms. The number of benzene rings is 2. The van der Waals surface area contributed by atoms with Crippen LogP contribution in [0.15, 0.2) is 54.6 Å². The van der Waals surface area contributed by atoms with Gasteiger partial charge in [-0.15, -0.1) is 0 Å². The fraction of sp³-hybridized carbons (Fsp3) is 0.385. The van der Waals surface area contributed by atoms with Gasteiger partial charge in [0.05, 0.1) is 18.8 Å². The molecule has 1 amide bonds. The molecular formula is C26H33NO4. The summed E-state index contributed by atoms with van der Waals surface area (Å²) in [5, 5.41) is 2.77. The number of rotatable bonds is 13. The highest BCUT2D eigenvalue weighted by molar-refractivity contribution is 6.02. The van der Waals surface area contributed by atoms with E-state index in [1.54, 1.807) is 37.3 Å². The molecule has 31 heavy (non-hydrogen) atoms. The Kier molecular flexibility index (Phi) is 10.9. The zero-order valence-electron chi connectivity index (χ0n) is 18.6. The van der Waals surface area contributed by atoms with Crippen molar-refractivity contribution in [2.24, 2.45) is 0 Å². The van der Waals surface area contributed by atoms with Gasteiger partial charge in [0, 0.05) is 11.8 Å². The molecule has 0 aliphatic rings. The van der Waals surface area contributed by atoms with E-state index in [1.165, 1.54) is 38.2 Å². The SMILES string of the molecule is CCCCCCCCOc1ccc(C=CC(=O)Nc2ccc(C(=O)OCC)cc2)cc1. The summed E-state index contributed by atoms with van der Waals surface area (Å²) in [6.07, 6.45) is 10.7. The Morgan fingerprint density at radius 1 is 0.871 bits per heavy atom. The average Bonchev–Trinajstić information content (AvgIpc) is 2.78. The van der Waals surface area contributed by atoms with Crippen LogP contribution in [0.4, 0.5) is 5.69 Å². The monoisotopic (exact) mass is 423 g/mol. The van der Waals surface area contributed by atoms with Crippen molar-refractivity contribution in [3.63, 3.8) is 0 Å². The van der Waals surface area contributed by atoms with Crippen molar-refractivity contribution < 1.29 is 19.1 Å². The van der Waals surface area contributed by atoms with Gasteiger partial charge in [-0.1, -0.05) is 51.2 Å². The molecular weight excluding hydrogens is 390 g/mol. The number of carbonyl (C=O) groups excluding carboxylic acids is 2. The Hall–Kier alpha value is -3.08. The molecule has 0 saturated carbocycles. The third-order valence-corrected chi connectivity index (χ3v) is 4.74. The normalized spacial score (nSPS) is 10.8. The molecule has 2 aromatic carbocycles. The molecule has 0 radical (unpaired) electrons. The number of carbonyl (C=O) groups is 2. The minimum atomic E-state index is -0.375. The van der Waals surface area contributed by atoms with Gasteiger partial charge in [0.15, 0.2) is 0 Å². The van der Waals surface area contributed by atoms with Gasteiger partial charge in [0.2, 0.25) is 5.91 Å². The van der Waals surface area contributed by atoms with Crippen molar-refractivity contribution in [1.29, 1.82) is 0 Å². The molecule has 0 unspecified atom stereocenters. The maximum Gasteiger partial charge on any atom is 0.338 e. The molecule has 2 aromatic rings. The molecule has 5 nitrogen and oxygen atoms in total. The maximum atomic E-state index is 12.1. The van der Waals surface area contributed by atoms with E-state index in [-0.39, 0.29) is 11.9 Å². The van der Waals surface area contributed by atoms with E-state index in [0.29, 0.717) is 17.9 Å². The third kappa shape index (κ3) is 9.51. The summed E-state index contributed by atoms with van der Waals surface area (Å²) >= 11 is 0. The van der Waals surface area contributed by atoms with Crippen molar-refractivity contribution in [1.82, 2.24) is 0 Å². The number of hydrogen-bond acceptors (Lipinski definition) is 4. The Morgan fingerprint density at radius 2 is 1.55 bits per heavy atom. The molecule has 0 spiro atoms. The minimum absolute atomic E-state index is 0.243. The Balaban J connectivity index is 1.73. The second-order valence-electron chi connectivity index (χ2n) is 7.31. The molecule has 0 fully saturated rings. The standard InChI is InChI=1S/C26H33NO4/c1-3-5-6-7-8-9-20-31-24-17-10-21(11-18-24)12-19-25(28)27-23-15-13-22(14-16-23)26(29)30-4-2/h10-19H,3-9,20H2,1-2H3,(H,27,28). The first kappa shape index (κ1) is 24.2. The summed E-state index contributed by atoms with van der Waals surface area (Å²) in [6, 6.07) is 14.3. The lowest BCUT2D eigenvalue weighted by atomic mass is 10.1. The van der Waals surface area contributed by atoms with Gasteiger partial charge in [0.25, 0.3) is 0 Å². The van der Waals surface area contributed by atoms with Crippen LogP contribution < -0.4 is 10.1 Å². The first-order valence-corrected chi connectivity index (χ1v) is 11.1. The summed E-state index contributed by atoms with van der Waals surface area (Å²) in [5.41, 5.74) is 1.98. The second kappa shape index (κ2) is 14.0. The van der Waals surface area contributed by atoms with E-state index in [1.807, 2.05) is 24.3 Å². The molecule has 0 aliphatic carbocycles. The van der Waals surface area contributed by atoms with Crippen LogP contribution in [0.2, 0.25) is 0 Å². The fourth-order valence-corrected chi connectivity index (χ4v) is 3.01. The summed E-state index contributed by atoms with van der Waals surface area (Å²) in [5.74, 6) is 0.226. The maximum absolute atomic E-state index is 12.1. The van der Waals surface area contributed by atoms with Gasteiger partial charge in [-0.05, 0) is 61.4 Å². The number of ether oxygens (including phenoxy) is 2. The van der Waals surface area contributed by atoms with Gasteiger partial charge >= 0.3 is 5.97 Å². The zero-order valence-corrected chi connectivity index (χ0v) is 18.6. The smallest absolute Gasteiger partial charge is 0.338 e. The van der Waals surface area contributed by atoms with E-state index in [4.69, 9.17) is 9.47 Å². The Bertz CT molecular complexity index is 825. The quantitative estimate of drug-likeness (QED) is 0.235. The minimum Gasteiger partial charge on any atom is -0.494 e. The molecule has 0 atom stereocenters. The van der Waals surface area contributed by atoms with Crippen LogP contribution in [-0.2, 0) is 9.53 Å². The van der Waals surface area contributed by atoms with Crippen molar-refractivity contribution in [3.05, 3.63) is 65.7 Å². The number of unbranched alkanes of at least 4 members (excludes halogenated alkanes) is 5. The number of anilines is 1. The molecule has 5 heteroatoms. The topological polar surface area (TPSA) is 64.6 Å². The van der Waals surface area contributed by atoms with Crippen molar-refractivity contribution in [2.75, 3.05) is 18.5 Å². The van der Waals surface area contributed by atoms with Gasteiger partial charge in [-0.2, -0.15) is 0 Å². The summed E-state index contributed by atoms with van der Waals surface area (Å²) in [4.78, 5) is 23.8.